The molecule has 0 saturated carbocycles. The van der Waals surface area contributed by atoms with Crippen LogP contribution in [0.15, 0.2) is 0 Å². The zero-order valence-corrected chi connectivity index (χ0v) is 9.06. The van der Waals surface area contributed by atoms with Gasteiger partial charge in [0, 0.05) is 5.97 Å². The van der Waals surface area contributed by atoms with Crippen molar-refractivity contribution >= 4 is 5.97 Å². The summed E-state index contributed by atoms with van der Waals surface area (Å²) >= 11 is 0.0167. The summed E-state index contributed by atoms with van der Waals surface area (Å²) in [6.07, 6.45) is 0. The standard InChI is InChI=1S/C2H4O2.3CH3.2Pd/c1-2(3)4;;;;;/h1H3,(H,3,4);3*1H3;;/q;;;;-1;+2/p-1. The molecule has 0 aliphatic rings. The van der Waals surface area contributed by atoms with Crippen LogP contribution in [0.2, 0.25) is 16.2 Å². The van der Waals surface area contributed by atoms with Crippen LogP contribution in [-0.2, 0) is 42.0 Å². The third kappa shape index (κ3) is 643. The Hall–Kier alpha value is 0.795. The SMILES string of the molecule is CC(=O)[O-].[CH3][Pd-]([CH3])[CH3].[Pd+2]. The largest absolute Gasteiger partial charge is 2.00 e. The molecule has 0 spiro atoms. The van der Waals surface area contributed by atoms with Gasteiger partial charge in [-0.15, -0.1) is 0 Å². The minimum Gasteiger partial charge on any atom is 2.00 e. The number of carbonyl (C=O) groups excluding carboxylic acids is 1. The molecule has 0 bridgehead atoms. The van der Waals surface area contributed by atoms with Crippen molar-refractivity contribution in [3.8, 4) is 0 Å². The smallest absolute Gasteiger partial charge is 2.00 e. The minimum absolute atomic E-state index is 0. The van der Waals surface area contributed by atoms with Crippen molar-refractivity contribution in [2.75, 3.05) is 0 Å². The van der Waals surface area contributed by atoms with Crippen molar-refractivity contribution in [1.82, 2.24) is 0 Å². The minimum atomic E-state index is -1.08. The molecule has 0 heterocycles. The average molecular weight is 317 g/mol. The molecule has 0 atom stereocenters. The maximum absolute atomic E-state index is 8.89. The molecule has 0 rings (SSSR count). The number of aliphatic carboxylic acids is 1. The van der Waals surface area contributed by atoms with Crippen LogP contribution in [0.4, 0.5) is 0 Å². The Bertz CT molecular complexity index is 57.2. The van der Waals surface area contributed by atoms with Gasteiger partial charge in [0.25, 0.3) is 0 Å². The van der Waals surface area contributed by atoms with Crippen LogP contribution < -0.4 is 5.11 Å². The summed E-state index contributed by atoms with van der Waals surface area (Å²) in [5, 5.41) is 15.7. The molecule has 9 heavy (non-hydrogen) atoms. The van der Waals surface area contributed by atoms with Crippen molar-refractivity contribution in [1.29, 1.82) is 0 Å². The van der Waals surface area contributed by atoms with Crippen molar-refractivity contribution in [3.05, 3.63) is 0 Å². The van der Waals surface area contributed by atoms with Gasteiger partial charge in [-0.05, 0) is 6.92 Å². The Morgan fingerprint density at radius 1 is 1.33 bits per heavy atom. The molecule has 0 aromatic carbocycles. The van der Waals surface area contributed by atoms with Crippen LogP contribution in [0, 0.1) is 0 Å². The van der Waals surface area contributed by atoms with E-state index in [4.69, 9.17) is 9.90 Å². The van der Waals surface area contributed by atoms with Crippen molar-refractivity contribution < 1.29 is 47.1 Å². The number of carboxylic acids is 1. The fraction of sp³-hybridized carbons (Fsp3) is 0.800. The van der Waals surface area contributed by atoms with E-state index < -0.39 is 5.97 Å². The van der Waals surface area contributed by atoms with Gasteiger partial charge in [-0.25, -0.2) is 0 Å². The number of carboxylic acid groups (broad SMARTS) is 1. The molecule has 0 unspecified atom stereocenters. The van der Waals surface area contributed by atoms with Gasteiger partial charge in [0.05, 0.1) is 0 Å². The van der Waals surface area contributed by atoms with E-state index in [0.717, 1.165) is 6.92 Å². The molecule has 0 aromatic heterocycles. The van der Waals surface area contributed by atoms with E-state index in [1.54, 1.807) is 0 Å². The molecule has 0 aliphatic carbocycles. The first kappa shape index (κ1) is 16.4. The third-order valence-electron chi connectivity index (χ3n) is 0. The summed E-state index contributed by atoms with van der Waals surface area (Å²) in [6, 6.07) is 0. The zero-order chi connectivity index (χ0) is 7.15. The van der Waals surface area contributed by atoms with E-state index >= 15 is 0 Å². The number of hydrogen-bond acceptors (Lipinski definition) is 2. The summed E-state index contributed by atoms with van der Waals surface area (Å²) in [5.74, 6) is -1.08. The quantitative estimate of drug-likeness (QED) is 0.611. The predicted octanol–water partition coefficient (Wildman–Crippen LogP) is 0.503. The Labute approximate surface area is 76.0 Å². The van der Waals surface area contributed by atoms with Crippen LogP contribution in [0.1, 0.15) is 6.92 Å². The average Bonchev–Trinajstić information content (AvgIpc) is 1.25. The zero-order valence-electron chi connectivity index (χ0n) is 5.95. The predicted molar refractivity (Wildman–Crippen MR) is 28.3 cm³/mol. The van der Waals surface area contributed by atoms with E-state index in [9.17, 15) is 0 Å². The van der Waals surface area contributed by atoms with Gasteiger partial charge in [-0.3, -0.25) is 0 Å². The number of rotatable bonds is 0. The first-order valence-corrected chi connectivity index (χ1v) is 6.52. The van der Waals surface area contributed by atoms with Crippen LogP contribution in [0.3, 0.4) is 0 Å². The van der Waals surface area contributed by atoms with Gasteiger partial charge in [-0.2, -0.15) is 0 Å². The van der Waals surface area contributed by atoms with Crippen molar-refractivity contribution in [2.24, 2.45) is 0 Å². The second-order valence-electron chi connectivity index (χ2n) is 1.44. The molecule has 0 fully saturated rings. The van der Waals surface area contributed by atoms with Crippen LogP contribution in [0.25, 0.3) is 0 Å². The molecule has 64 valence electrons. The van der Waals surface area contributed by atoms with Gasteiger partial charge >= 0.3 is 53.4 Å². The van der Waals surface area contributed by atoms with E-state index in [1.807, 2.05) is 0 Å². The number of carbonyl (C=O) groups is 1. The van der Waals surface area contributed by atoms with Gasteiger partial charge < -0.3 is 9.90 Å². The van der Waals surface area contributed by atoms with Crippen molar-refractivity contribution in [2.45, 2.75) is 23.1 Å². The van der Waals surface area contributed by atoms with Gasteiger partial charge in [0.1, 0.15) is 0 Å². The molecular formula is C5H12O2Pd2. The molecule has 0 radical (unpaired) electrons. The summed E-state index contributed by atoms with van der Waals surface area (Å²) in [7, 11) is 0. The van der Waals surface area contributed by atoms with Crippen LogP contribution in [0.5, 0.6) is 0 Å². The van der Waals surface area contributed by atoms with E-state index in [-0.39, 0.29) is 37.2 Å². The summed E-state index contributed by atoms with van der Waals surface area (Å²) in [4.78, 5) is 8.89. The van der Waals surface area contributed by atoms with E-state index in [1.165, 1.54) is 0 Å². The molecule has 0 aliphatic heterocycles. The normalized spacial score (nSPS) is 7.78. The summed E-state index contributed by atoms with van der Waals surface area (Å²) in [5.41, 5.74) is 0. The second kappa shape index (κ2) is 11.6. The first-order valence-electron chi connectivity index (χ1n) is 1.86. The molecule has 0 aromatic rings. The Morgan fingerprint density at radius 2 is 1.33 bits per heavy atom. The molecule has 4 heteroatoms. The van der Waals surface area contributed by atoms with E-state index in [2.05, 4.69) is 16.2 Å². The van der Waals surface area contributed by atoms with Gasteiger partial charge in [0.15, 0.2) is 0 Å². The fourth-order valence-corrected chi connectivity index (χ4v) is 0. The molecule has 0 amide bonds. The van der Waals surface area contributed by atoms with E-state index in [0.29, 0.717) is 0 Å². The molecular weight excluding hydrogens is 305 g/mol. The summed E-state index contributed by atoms with van der Waals surface area (Å²) < 4.78 is 0. The molecule has 2 nitrogen and oxygen atoms in total. The number of hydrogen-bond donors (Lipinski definition) is 0. The molecule has 0 saturated heterocycles. The Morgan fingerprint density at radius 3 is 1.33 bits per heavy atom. The topological polar surface area (TPSA) is 40.1 Å². The fourth-order valence-electron chi connectivity index (χ4n) is 0. The van der Waals surface area contributed by atoms with Crippen LogP contribution >= 0.6 is 0 Å². The maximum Gasteiger partial charge on any atom is 2.00 e. The Balaban J connectivity index is -0.0000000720. The van der Waals surface area contributed by atoms with Gasteiger partial charge in [0.2, 0.25) is 0 Å². The van der Waals surface area contributed by atoms with Crippen molar-refractivity contribution in [3.63, 3.8) is 0 Å². The third-order valence-corrected chi connectivity index (χ3v) is 0. The monoisotopic (exact) mass is 316 g/mol. The van der Waals surface area contributed by atoms with Crippen LogP contribution in [-0.4, -0.2) is 5.97 Å². The maximum atomic E-state index is 8.89. The Kier molecular flexibility index (Phi) is 21.1. The molecule has 0 N–H and O–H groups in total. The van der Waals surface area contributed by atoms with Gasteiger partial charge in [-0.1, -0.05) is 0 Å². The first-order chi connectivity index (χ1) is 3.46. The summed E-state index contributed by atoms with van der Waals surface area (Å²) in [6.45, 7) is 0.972. The second-order valence-corrected chi connectivity index (χ2v) is 6.10.